The number of alkyl halides is 3. The zero-order chi connectivity index (χ0) is 14.9. The van der Waals surface area contributed by atoms with Crippen molar-refractivity contribution in [3.05, 3.63) is 28.3 Å². The summed E-state index contributed by atoms with van der Waals surface area (Å²) in [4.78, 5) is 22.9. The molecule has 0 radical (unpaired) electrons. The number of hydrogen-bond donors (Lipinski definition) is 1. The number of carbonyl (C=O) groups excluding carboxylic acids is 2. The summed E-state index contributed by atoms with van der Waals surface area (Å²) in [5, 5.41) is 2.61. The Kier molecular flexibility index (Phi) is 4.01. The van der Waals surface area contributed by atoms with Gasteiger partial charge >= 0.3 is 6.18 Å². The average Bonchev–Trinajstić information content (AvgIpc) is 2.65. The van der Waals surface area contributed by atoms with Gasteiger partial charge < -0.3 is 10.1 Å². The first-order chi connectivity index (χ1) is 9.26. The first kappa shape index (κ1) is 14.8. The summed E-state index contributed by atoms with van der Waals surface area (Å²) in [7, 11) is 0. The molecular formula is C12H9ClF3NO3. The van der Waals surface area contributed by atoms with Crippen LogP contribution in [0.25, 0.3) is 0 Å². The van der Waals surface area contributed by atoms with Crippen molar-refractivity contribution >= 4 is 29.0 Å². The van der Waals surface area contributed by atoms with Crippen molar-refractivity contribution < 1.29 is 27.5 Å². The van der Waals surface area contributed by atoms with Gasteiger partial charge in [-0.05, 0) is 17.7 Å². The number of ether oxygens (including phenoxy) is 1. The number of rotatable bonds is 4. The summed E-state index contributed by atoms with van der Waals surface area (Å²) in [6, 6.07) is 2.80. The molecule has 0 aliphatic carbocycles. The van der Waals surface area contributed by atoms with Gasteiger partial charge in [0.1, 0.15) is 13.2 Å². The Labute approximate surface area is 116 Å². The van der Waals surface area contributed by atoms with Gasteiger partial charge in [-0.2, -0.15) is 13.2 Å². The predicted molar refractivity (Wildman–Crippen MR) is 65.0 cm³/mol. The summed E-state index contributed by atoms with van der Waals surface area (Å²) in [6.07, 6.45) is -4.38. The number of Topliss-reactive ketones (excluding diaryl/α,β-unsaturated/α-hetero) is 1. The zero-order valence-electron chi connectivity index (χ0n) is 10.0. The van der Waals surface area contributed by atoms with Crippen molar-refractivity contribution in [1.82, 2.24) is 0 Å². The zero-order valence-corrected chi connectivity index (χ0v) is 10.8. The molecule has 0 unspecified atom stereocenters. The van der Waals surface area contributed by atoms with Gasteiger partial charge in [0.15, 0.2) is 5.78 Å². The van der Waals surface area contributed by atoms with E-state index < -0.39 is 25.2 Å². The molecule has 20 heavy (non-hydrogen) atoms. The molecule has 0 saturated carbocycles. The van der Waals surface area contributed by atoms with Gasteiger partial charge in [-0.15, -0.1) is 0 Å². The van der Waals surface area contributed by atoms with E-state index in [-0.39, 0.29) is 22.9 Å². The van der Waals surface area contributed by atoms with Crippen LogP contribution >= 0.6 is 11.6 Å². The molecule has 0 saturated heterocycles. The molecule has 0 atom stereocenters. The smallest absolute Gasteiger partial charge is 0.364 e. The van der Waals surface area contributed by atoms with Crippen LogP contribution in [-0.2, 0) is 16.0 Å². The Morgan fingerprint density at radius 3 is 2.75 bits per heavy atom. The molecule has 1 heterocycles. The van der Waals surface area contributed by atoms with E-state index >= 15 is 0 Å². The fourth-order valence-corrected chi connectivity index (χ4v) is 2.07. The number of fused-ring (bicyclic) bond motifs is 1. The molecule has 0 spiro atoms. The average molecular weight is 308 g/mol. The molecule has 108 valence electrons. The highest BCUT2D eigenvalue weighted by Crippen LogP contribution is 2.30. The standard InChI is InChI=1S/C12H9ClF3NO3/c13-8-3-9-6(2-11(19)17-9)1-7(8)10(18)4-20-5-12(14,15)16/h1,3H,2,4-5H2,(H,17,19). The van der Waals surface area contributed by atoms with Crippen LogP contribution in [-0.4, -0.2) is 31.1 Å². The Bertz CT molecular complexity index is 572. The van der Waals surface area contributed by atoms with Gasteiger partial charge in [-0.1, -0.05) is 11.6 Å². The van der Waals surface area contributed by atoms with Crippen LogP contribution in [0.4, 0.5) is 18.9 Å². The summed E-state index contributed by atoms with van der Waals surface area (Å²) in [5.74, 6) is -0.893. The van der Waals surface area contributed by atoms with Crippen molar-refractivity contribution in [1.29, 1.82) is 0 Å². The Balaban J connectivity index is 2.07. The van der Waals surface area contributed by atoms with Gasteiger partial charge in [0.2, 0.25) is 5.91 Å². The lowest BCUT2D eigenvalue weighted by molar-refractivity contribution is -0.170. The lowest BCUT2D eigenvalue weighted by Crippen LogP contribution is -2.20. The molecule has 0 bridgehead atoms. The minimum absolute atomic E-state index is 0.0455. The van der Waals surface area contributed by atoms with E-state index in [0.29, 0.717) is 11.3 Å². The summed E-state index contributed by atoms with van der Waals surface area (Å²) in [6.45, 7) is -2.22. The molecule has 1 aliphatic heterocycles. The number of ketones is 1. The number of nitrogens with one attached hydrogen (secondary N) is 1. The van der Waals surface area contributed by atoms with E-state index in [1.165, 1.54) is 12.1 Å². The lowest BCUT2D eigenvalue weighted by Gasteiger charge is -2.09. The highest BCUT2D eigenvalue weighted by Gasteiger charge is 2.28. The molecule has 1 aromatic rings. The molecule has 8 heteroatoms. The van der Waals surface area contributed by atoms with E-state index in [1.807, 2.05) is 0 Å². The minimum atomic E-state index is -4.49. The number of carbonyl (C=O) groups is 2. The minimum Gasteiger partial charge on any atom is -0.364 e. The van der Waals surface area contributed by atoms with Crippen molar-refractivity contribution in [2.24, 2.45) is 0 Å². The first-order valence-corrected chi connectivity index (χ1v) is 5.94. The molecule has 2 rings (SSSR count). The lowest BCUT2D eigenvalue weighted by atomic mass is 10.1. The third-order valence-electron chi connectivity index (χ3n) is 2.62. The summed E-state index contributed by atoms with van der Waals surface area (Å²) >= 11 is 5.87. The Hall–Kier alpha value is -1.60. The largest absolute Gasteiger partial charge is 0.411 e. The molecule has 1 aromatic carbocycles. The highest BCUT2D eigenvalue weighted by atomic mass is 35.5. The second-order valence-corrected chi connectivity index (χ2v) is 4.65. The van der Waals surface area contributed by atoms with E-state index in [0.717, 1.165) is 0 Å². The van der Waals surface area contributed by atoms with Gasteiger partial charge in [0, 0.05) is 11.3 Å². The van der Waals surface area contributed by atoms with E-state index in [1.54, 1.807) is 0 Å². The maximum Gasteiger partial charge on any atom is 0.411 e. The van der Waals surface area contributed by atoms with E-state index in [9.17, 15) is 22.8 Å². The quantitative estimate of drug-likeness (QED) is 0.870. The van der Waals surface area contributed by atoms with Crippen LogP contribution in [0.3, 0.4) is 0 Å². The third-order valence-corrected chi connectivity index (χ3v) is 2.93. The number of benzene rings is 1. The van der Waals surface area contributed by atoms with E-state index in [4.69, 9.17) is 11.6 Å². The molecule has 1 N–H and O–H groups in total. The fraction of sp³-hybridized carbons (Fsp3) is 0.333. The highest BCUT2D eigenvalue weighted by molar-refractivity contribution is 6.34. The second-order valence-electron chi connectivity index (χ2n) is 4.25. The molecule has 1 amide bonds. The van der Waals surface area contributed by atoms with Crippen molar-refractivity contribution in [2.45, 2.75) is 12.6 Å². The van der Waals surface area contributed by atoms with Crippen LogP contribution in [0.5, 0.6) is 0 Å². The molecule has 4 nitrogen and oxygen atoms in total. The summed E-state index contributed by atoms with van der Waals surface area (Å²) in [5.41, 5.74) is 1.13. The Morgan fingerprint density at radius 1 is 1.40 bits per heavy atom. The third kappa shape index (κ3) is 3.49. The topological polar surface area (TPSA) is 55.4 Å². The number of anilines is 1. The van der Waals surface area contributed by atoms with Gasteiger partial charge in [-0.25, -0.2) is 0 Å². The monoisotopic (exact) mass is 307 g/mol. The van der Waals surface area contributed by atoms with Crippen LogP contribution < -0.4 is 5.32 Å². The van der Waals surface area contributed by atoms with Gasteiger partial charge in [0.25, 0.3) is 0 Å². The normalized spacial score (nSPS) is 14.1. The first-order valence-electron chi connectivity index (χ1n) is 5.56. The number of hydrogen-bond acceptors (Lipinski definition) is 3. The van der Waals surface area contributed by atoms with Gasteiger partial charge in [0.05, 0.1) is 11.4 Å². The maximum atomic E-state index is 11.9. The predicted octanol–water partition coefficient (Wildman–Crippen LogP) is 2.60. The van der Waals surface area contributed by atoms with Gasteiger partial charge in [-0.3, -0.25) is 9.59 Å². The van der Waals surface area contributed by atoms with Crippen molar-refractivity contribution in [3.8, 4) is 0 Å². The van der Waals surface area contributed by atoms with E-state index in [2.05, 4.69) is 10.1 Å². The van der Waals surface area contributed by atoms with Crippen LogP contribution in [0.2, 0.25) is 5.02 Å². The molecular weight excluding hydrogens is 299 g/mol. The SMILES string of the molecule is O=C1Cc2cc(C(=O)COCC(F)(F)F)c(Cl)cc2N1. The molecule has 1 aliphatic rings. The van der Waals surface area contributed by atoms with Crippen molar-refractivity contribution in [2.75, 3.05) is 18.5 Å². The van der Waals surface area contributed by atoms with Crippen molar-refractivity contribution in [3.63, 3.8) is 0 Å². The number of amides is 1. The molecule has 0 fully saturated rings. The van der Waals surface area contributed by atoms with Crippen LogP contribution in [0.1, 0.15) is 15.9 Å². The maximum absolute atomic E-state index is 11.9. The second kappa shape index (κ2) is 5.41. The molecule has 0 aromatic heterocycles. The number of halogens is 4. The van der Waals surface area contributed by atoms with Crippen LogP contribution in [0, 0.1) is 0 Å². The van der Waals surface area contributed by atoms with Crippen LogP contribution in [0.15, 0.2) is 12.1 Å². The summed E-state index contributed by atoms with van der Waals surface area (Å²) < 4.78 is 40.0. The fourth-order valence-electron chi connectivity index (χ4n) is 1.80. The Morgan fingerprint density at radius 2 is 2.10 bits per heavy atom.